The first kappa shape index (κ1) is 20.9. The average molecular weight is 382 g/mol. The van der Waals surface area contributed by atoms with Crippen molar-refractivity contribution < 1.29 is 19.2 Å². The molecule has 0 spiro atoms. The second-order valence-electron chi connectivity index (χ2n) is 7.25. The maximum Gasteiger partial charge on any atom is 0.341 e. The van der Waals surface area contributed by atoms with Crippen LogP contribution in [-0.2, 0) is 22.4 Å². The maximum absolute atomic E-state index is 12.6. The molecule has 1 aliphatic rings. The Kier molecular flexibility index (Phi) is 8.10. The van der Waals surface area contributed by atoms with Crippen molar-refractivity contribution in [2.45, 2.75) is 59.8 Å². The third kappa shape index (κ3) is 5.30. The van der Waals surface area contributed by atoms with E-state index < -0.39 is 0 Å². The maximum atomic E-state index is 12.6. The van der Waals surface area contributed by atoms with Crippen LogP contribution >= 0.6 is 11.3 Å². The van der Waals surface area contributed by atoms with Gasteiger partial charge >= 0.3 is 5.97 Å². The zero-order valence-electron chi connectivity index (χ0n) is 16.6. The number of fused-ring (bicyclic) bond motifs is 1. The fraction of sp³-hybridized carbons (Fsp3) is 0.700. The van der Waals surface area contributed by atoms with Gasteiger partial charge in [0.05, 0.1) is 25.3 Å². The van der Waals surface area contributed by atoms with E-state index in [1.165, 1.54) is 9.78 Å². The van der Waals surface area contributed by atoms with Crippen LogP contribution in [0.25, 0.3) is 0 Å². The fourth-order valence-electron chi connectivity index (χ4n) is 3.66. The van der Waals surface area contributed by atoms with Crippen molar-refractivity contribution >= 4 is 28.2 Å². The van der Waals surface area contributed by atoms with E-state index in [2.05, 4.69) is 26.1 Å². The van der Waals surface area contributed by atoms with Gasteiger partial charge in [0.1, 0.15) is 5.00 Å². The van der Waals surface area contributed by atoms with E-state index in [4.69, 9.17) is 4.74 Å². The largest absolute Gasteiger partial charge is 0.462 e. The van der Waals surface area contributed by atoms with Gasteiger partial charge in [0.15, 0.2) is 6.54 Å². The Morgan fingerprint density at radius 1 is 1.23 bits per heavy atom. The topological polar surface area (TPSA) is 59.8 Å². The molecule has 2 rings (SSSR count). The number of carbonyl (C=O) groups excluding carboxylic acids is 2. The monoisotopic (exact) mass is 381 g/mol. The van der Waals surface area contributed by atoms with Crippen LogP contribution in [0.1, 0.15) is 67.8 Å². The van der Waals surface area contributed by atoms with Gasteiger partial charge in [0.25, 0.3) is 5.91 Å². The molecule has 0 radical (unpaired) electrons. The summed E-state index contributed by atoms with van der Waals surface area (Å²) in [6.45, 7) is 11.1. The summed E-state index contributed by atoms with van der Waals surface area (Å²) in [5, 5.41) is 3.71. The summed E-state index contributed by atoms with van der Waals surface area (Å²) < 4.78 is 5.27. The molecule has 26 heavy (non-hydrogen) atoms. The molecule has 6 heteroatoms. The van der Waals surface area contributed by atoms with Gasteiger partial charge in [-0.15, -0.1) is 11.3 Å². The van der Waals surface area contributed by atoms with Crippen LogP contribution in [0.2, 0.25) is 0 Å². The van der Waals surface area contributed by atoms with E-state index in [0.29, 0.717) is 29.6 Å². The second-order valence-corrected chi connectivity index (χ2v) is 8.36. The molecule has 1 aromatic heterocycles. The minimum absolute atomic E-state index is 0.0147. The highest BCUT2D eigenvalue weighted by Gasteiger charge is 2.29. The van der Waals surface area contributed by atoms with Crippen molar-refractivity contribution in [3.05, 3.63) is 16.0 Å². The molecular formula is C20H33N2O3S+. The van der Waals surface area contributed by atoms with Crippen LogP contribution in [-0.4, -0.2) is 38.1 Å². The van der Waals surface area contributed by atoms with E-state index >= 15 is 0 Å². The van der Waals surface area contributed by atoms with Crippen LogP contribution in [0.15, 0.2) is 0 Å². The summed E-state index contributed by atoms with van der Waals surface area (Å²) in [6, 6.07) is 0. The molecule has 1 aromatic rings. The van der Waals surface area contributed by atoms with Gasteiger partial charge in [-0.25, -0.2) is 4.79 Å². The van der Waals surface area contributed by atoms with Crippen LogP contribution in [0.5, 0.6) is 0 Å². The first-order chi connectivity index (χ1) is 12.5. The van der Waals surface area contributed by atoms with Crippen molar-refractivity contribution in [3.63, 3.8) is 0 Å². The summed E-state index contributed by atoms with van der Waals surface area (Å²) in [5.41, 5.74) is 1.69. The lowest BCUT2D eigenvalue weighted by Gasteiger charge is -2.18. The van der Waals surface area contributed by atoms with Gasteiger partial charge in [-0.05, 0) is 50.5 Å². The average Bonchev–Trinajstić information content (AvgIpc) is 2.92. The number of esters is 1. The smallest absolute Gasteiger partial charge is 0.341 e. The number of nitrogens with one attached hydrogen (secondary N) is 2. The van der Waals surface area contributed by atoms with Crippen LogP contribution in [0.4, 0.5) is 5.00 Å². The number of amides is 1. The van der Waals surface area contributed by atoms with E-state index in [-0.39, 0.29) is 11.9 Å². The van der Waals surface area contributed by atoms with Gasteiger partial charge in [-0.2, -0.15) is 0 Å². The number of thiophene rings is 1. The summed E-state index contributed by atoms with van der Waals surface area (Å²) in [4.78, 5) is 27.6. The highest BCUT2D eigenvalue weighted by atomic mass is 32.1. The molecule has 0 unspecified atom stereocenters. The molecule has 1 heterocycles. The Bertz CT molecular complexity index is 621. The molecular weight excluding hydrogens is 348 g/mol. The number of carbonyl (C=O) groups is 2. The number of rotatable bonds is 9. The van der Waals surface area contributed by atoms with Crippen molar-refractivity contribution in [2.24, 2.45) is 5.92 Å². The Morgan fingerprint density at radius 3 is 2.54 bits per heavy atom. The summed E-state index contributed by atoms with van der Waals surface area (Å²) in [5.74, 6) is 0.300. The molecule has 1 atom stereocenters. The minimum Gasteiger partial charge on any atom is -0.462 e. The quantitative estimate of drug-likeness (QED) is 0.647. The number of anilines is 1. The summed E-state index contributed by atoms with van der Waals surface area (Å²) in [7, 11) is 0. The van der Waals surface area contributed by atoms with Gasteiger partial charge in [0, 0.05) is 4.88 Å². The first-order valence-corrected chi connectivity index (χ1v) is 10.8. The molecule has 0 fully saturated rings. The van der Waals surface area contributed by atoms with E-state index in [1.807, 2.05) is 6.92 Å². The minimum atomic E-state index is -0.304. The molecule has 1 aliphatic carbocycles. The molecule has 0 saturated carbocycles. The SMILES string of the molecule is CCC[NH+](CCC)CC(=O)Nc1sc2c(c1C(=O)OCC)CC[C@H](C)C2. The Hall–Kier alpha value is -1.40. The lowest BCUT2D eigenvalue weighted by Crippen LogP contribution is -3.13. The standard InChI is InChI=1S/C20H32N2O3S/c1-5-10-22(11-6-2)13-17(23)21-19-18(20(24)25-7-3)15-9-8-14(4)12-16(15)26-19/h14H,5-13H2,1-4H3,(H,21,23)/p+1/t14-/m0/s1. The molecule has 0 saturated heterocycles. The highest BCUT2D eigenvalue weighted by molar-refractivity contribution is 7.17. The second kappa shape index (κ2) is 10.1. The lowest BCUT2D eigenvalue weighted by atomic mass is 9.88. The molecule has 1 amide bonds. The Labute approximate surface area is 161 Å². The van der Waals surface area contributed by atoms with Crippen molar-refractivity contribution in [1.82, 2.24) is 0 Å². The first-order valence-electron chi connectivity index (χ1n) is 9.95. The Balaban J connectivity index is 2.19. The normalized spacial score (nSPS) is 16.4. The van der Waals surface area contributed by atoms with Crippen molar-refractivity contribution in [2.75, 3.05) is 31.6 Å². The molecule has 0 aromatic carbocycles. The predicted octanol–water partition coefficient (Wildman–Crippen LogP) is 2.69. The van der Waals surface area contributed by atoms with Crippen molar-refractivity contribution in [1.29, 1.82) is 0 Å². The summed E-state index contributed by atoms with van der Waals surface area (Å²) >= 11 is 1.56. The third-order valence-corrected chi connectivity index (χ3v) is 6.03. The zero-order valence-corrected chi connectivity index (χ0v) is 17.4. The van der Waals surface area contributed by atoms with Gasteiger partial charge in [-0.1, -0.05) is 20.8 Å². The van der Waals surface area contributed by atoms with Crippen LogP contribution in [0, 0.1) is 5.92 Å². The van der Waals surface area contributed by atoms with E-state index in [1.54, 1.807) is 11.3 Å². The third-order valence-electron chi connectivity index (χ3n) is 4.86. The van der Waals surface area contributed by atoms with Gasteiger partial charge in [-0.3, -0.25) is 4.79 Å². The number of quaternary nitrogens is 1. The van der Waals surface area contributed by atoms with Gasteiger partial charge in [0.2, 0.25) is 0 Å². The predicted molar refractivity (Wildman–Crippen MR) is 106 cm³/mol. The van der Waals surface area contributed by atoms with Crippen LogP contribution in [0.3, 0.4) is 0 Å². The molecule has 2 N–H and O–H groups in total. The van der Waals surface area contributed by atoms with Crippen LogP contribution < -0.4 is 10.2 Å². The highest BCUT2D eigenvalue weighted by Crippen LogP contribution is 2.40. The molecule has 146 valence electrons. The molecule has 5 nitrogen and oxygen atoms in total. The van der Waals surface area contributed by atoms with E-state index in [9.17, 15) is 9.59 Å². The fourth-order valence-corrected chi connectivity index (χ4v) is 5.08. The van der Waals surface area contributed by atoms with Gasteiger partial charge < -0.3 is 15.0 Å². The van der Waals surface area contributed by atoms with E-state index in [0.717, 1.165) is 50.8 Å². The number of ether oxygens (including phenoxy) is 1. The van der Waals surface area contributed by atoms with Crippen molar-refractivity contribution in [3.8, 4) is 0 Å². The molecule has 0 aliphatic heterocycles. The summed E-state index contributed by atoms with van der Waals surface area (Å²) in [6.07, 6.45) is 5.06. The Morgan fingerprint density at radius 2 is 1.92 bits per heavy atom. The number of hydrogen-bond acceptors (Lipinski definition) is 4. The lowest BCUT2D eigenvalue weighted by molar-refractivity contribution is -0.891. The molecule has 0 bridgehead atoms. The zero-order chi connectivity index (χ0) is 19.1. The number of hydrogen-bond donors (Lipinski definition) is 2.